The minimum atomic E-state index is -0.102. The number of ether oxygens (including phenoxy) is 2. The van der Waals surface area contributed by atoms with Gasteiger partial charge >= 0.3 is 5.97 Å². The number of epoxide rings is 1. The lowest BCUT2D eigenvalue weighted by Gasteiger charge is -2.01. The maximum Gasteiger partial charge on any atom is 0.308 e. The molecule has 1 saturated heterocycles. The summed E-state index contributed by atoms with van der Waals surface area (Å²) in [6, 6.07) is 0. The third-order valence-corrected chi connectivity index (χ3v) is 3.86. The monoisotopic (exact) mass is 284 g/mol. The first-order valence-electron chi connectivity index (χ1n) is 8.59. The van der Waals surface area contributed by atoms with Crippen LogP contribution < -0.4 is 0 Å². The molecule has 0 radical (unpaired) electrons. The molecule has 0 aliphatic carbocycles. The molecular weight excluding hydrogens is 252 g/mol. The van der Waals surface area contributed by atoms with Crippen molar-refractivity contribution in [3.63, 3.8) is 0 Å². The van der Waals surface area contributed by atoms with Gasteiger partial charge in [0.2, 0.25) is 0 Å². The number of esters is 1. The van der Waals surface area contributed by atoms with Crippen LogP contribution >= 0.6 is 0 Å². The topological polar surface area (TPSA) is 38.8 Å². The summed E-state index contributed by atoms with van der Waals surface area (Å²) in [5, 5.41) is 0. The van der Waals surface area contributed by atoms with Gasteiger partial charge in [-0.2, -0.15) is 0 Å². The number of rotatable bonds is 13. The highest BCUT2D eigenvalue weighted by molar-refractivity contribution is 5.70. The van der Waals surface area contributed by atoms with Crippen molar-refractivity contribution in [3.05, 3.63) is 0 Å². The summed E-state index contributed by atoms with van der Waals surface area (Å²) in [4.78, 5) is 11.4. The van der Waals surface area contributed by atoms with E-state index in [0.717, 1.165) is 12.8 Å². The molecule has 0 aromatic rings. The van der Waals surface area contributed by atoms with Crippen molar-refractivity contribution in [2.24, 2.45) is 0 Å². The molecule has 2 unspecified atom stereocenters. The van der Waals surface area contributed by atoms with E-state index < -0.39 is 0 Å². The van der Waals surface area contributed by atoms with Gasteiger partial charge in [0.25, 0.3) is 0 Å². The van der Waals surface area contributed by atoms with Crippen LogP contribution in [-0.4, -0.2) is 24.8 Å². The van der Waals surface area contributed by atoms with Gasteiger partial charge in [-0.25, -0.2) is 0 Å². The smallest absolute Gasteiger partial charge is 0.308 e. The van der Waals surface area contributed by atoms with Crippen LogP contribution in [0.25, 0.3) is 0 Å². The van der Waals surface area contributed by atoms with Gasteiger partial charge in [0.1, 0.15) is 0 Å². The second-order valence-corrected chi connectivity index (χ2v) is 5.90. The zero-order valence-corrected chi connectivity index (χ0v) is 13.4. The Morgan fingerprint density at radius 3 is 2.20 bits per heavy atom. The van der Waals surface area contributed by atoms with Crippen molar-refractivity contribution >= 4 is 5.97 Å². The molecule has 0 N–H and O–H groups in total. The highest BCUT2D eigenvalue weighted by Crippen LogP contribution is 2.30. The van der Waals surface area contributed by atoms with Crippen molar-refractivity contribution in [2.45, 2.75) is 96.7 Å². The first-order chi connectivity index (χ1) is 9.77. The van der Waals surface area contributed by atoms with Crippen LogP contribution in [0, 0.1) is 0 Å². The number of unbranched alkanes of at least 4 members (excludes halogenated alkanes) is 7. The zero-order chi connectivity index (χ0) is 14.6. The molecule has 0 amide bonds. The van der Waals surface area contributed by atoms with E-state index in [2.05, 4.69) is 6.92 Å². The normalized spacial score (nSPS) is 20.9. The van der Waals surface area contributed by atoms with Gasteiger partial charge in [0, 0.05) is 0 Å². The van der Waals surface area contributed by atoms with Crippen LogP contribution in [0.2, 0.25) is 0 Å². The van der Waals surface area contributed by atoms with Crippen LogP contribution in [0.15, 0.2) is 0 Å². The number of carbonyl (C=O) groups is 1. The minimum absolute atomic E-state index is 0.102. The van der Waals surface area contributed by atoms with E-state index in [-0.39, 0.29) is 12.1 Å². The Labute approximate surface area is 124 Å². The molecule has 1 aliphatic rings. The maximum atomic E-state index is 11.4. The number of hydrogen-bond acceptors (Lipinski definition) is 3. The predicted octanol–water partition coefficient (Wildman–Crippen LogP) is 4.63. The predicted molar refractivity (Wildman–Crippen MR) is 81.8 cm³/mol. The minimum Gasteiger partial charge on any atom is -0.466 e. The summed E-state index contributed by atoms with van der Waals surface area (Å²) >= 11 is 0. The molecule has 0 bridgehead atoms. The van der Waals surface area contributed by atoms with Gasteiger partial charge in [-0.05, 0) is 12.8 Å². The molecular formula is C17H32O3. The average Bonchev–Trinajstić information content (AvgIpc) is 3.17. The summed E-state index contributed by atoms with van der Waals surface area (Å²) in [7, 11) is 0. The van der Waals surface area contributed by atoms with E-state index in [1.54, 1.807) is 0 Å². The Hall–Kier alpha value is -0.570. The fourth-order valence-corrected chi connectivity index (χ4v) is 2.53. The molecule has 0 saturated carbocycles. The molecule has 0 aromatic carbocycles. The van der Waals surface area contributed by atoms with E-state index >= 15 is 0 Å². The van der Waals surface area contributed by atoms with Crippen LogP contribution in [0.1, 0.15) is 84.5 Å². The van der Waals surface area contributed by atoms with E-state index in [1.165, 1.54) is 51.4 Å². The second-order valence-electron chi connectivity index (χ2n) is 5.90. The van der Waals surface area contributed by atoms with Crippen molar-refractivity contribution in [1.82, 2.24) is 0 Å². The summed E-state index contributed by atoms with van der Waals surface area (Å²) in [5.41, 5.74) is 0. The maximum absolute atomic E-state index is 11.4. The SMILES string of the molecule is CCCCCCCCCCC1OC1CC(=O)OCCC. The van der Waals surface area contributed by atoms with Gasteiger partial charge in [-0.1, -0.05) is 65.2 Å². The zero-order valence-electron chi connectivity index (χ0n) is 13.4. The summed E-state index contributed by atoms with van der Waals surface area (Å²) in [6.07, 6.45) is 13.7. The molecule has 1 heterocycles. The lowest BCUT2D eigenvalue weighted by atomic mass is 10.1. The standard InChI is InChI=1S/C17H32O3/c1-3-5-6-7-8-9-10-11-12-15-16(20-15)14-17(18)19-13-4-2/h15-16H,3-14H2,1-2H3. The summed E-state index contributed by atoms with van der Waals surface area (Å²) in [6.45, 7) is 4.80. The Morgan fingerprint density at radius 2 is 1.55 bits per heavy atom. The molecule has 3 nitrogen and oxygen atoms in total. The fourth-order valence-electron chi connectivity index (χ4n) is 2.53. The quantitative estimate of drug-likeness (QED) is 0.281. The van der Waals surface area contributed by atoms with E-state index in [9.17, 15) is 4.79 Å². The van der Waals surface area contributed by atoms with E-state index in [4.69, 9.17) is 9.47 Å². The Kier molecular flexibility index (Phi) is 9.73. The molecule has 20 heavy (non-hydrogen) atoms. The van der Waals surface area contributed by atoms with E-state index in [1.807, 2.05) is 6.92 Å². The summed E-state index contributed by atoms with van der Waals surface area (Å²) < 4.78 is 10.6. The number of hydrogen-bond donors (Lipinski definition) is 0. The van der Waals surface area contributed by atoms with Crippen molar-refractivity contribution in [3.8, 4) is 0 Å². The Balaban J connectivity index is 1.84. The molecule has 0 spiro atoms. The van der Waals surface area contributed by atoms with Gasteiger partial charge in [-0.15, -0.1) is 0 Å². The Morgan fingerprint density at radius 1 is 0.900 bits per heavy atom. The largest absolute Gasteiger partial charge is 0.466 e. The van der Waals surface area contributed by atoms with Gasteiger partial charge in [-0.3, -0.25) is 4.79 Å². The van der Waals surface area contributed by atoms with Gasteiger partial charge < -0.3 is 9.47 Å². The highest BCUT2D eigenvalue weighted by Gasteiger charge is 2.39. The van der Waals surface area contributed by atoms with E-state index in [0.29, 0.717) is 19.1 Å². The van der Waals surface area contributed by atoms with Crippen LogP contribution in [0.4, 0.5) is 0 Å². The van der Waals surface area contributed by atoms with Crippen molar-refractivity contribution < 1.29 is 14.3 Å². The van der Waals surface area contributed by atoms with Gasteiger partial charge in [0.15, 0.2) is 0 Å². The van der Waals surface area contributed by atoms with Crippen LogP contribution in [0.5, 0.6) is 0 Å². The summed E-state index contributed by atoms with van der Waals surface area (Å²) in [5.74, 6) is -0.102. The molecule has 0 aromatic heterocycles. The second kappa shape index (κ2) is 11.1. The first-order valence-corrected chi connectivity index (χ1v) is 8.59. The van der Waals surface area contributed by atoms with Gasteiger partial charge in [0.05, 0.1) is 25.2 Å². The lowest BCUT2D eigenvalue weighted by Crippen LogP contribution is -2.09. The van der Waals surface area contributed by atoms with Crippen LogP contribution in [-0.2, 0) is 14.3 Å². The molecule has 3 heteroatoms. The third kappa shape index (κ3) is 8.57. The third-order valence-electron chi connectivity index (χ3n) is 3.86. The Bertz CT molecular complexity index is 253. The lowest BCUT2D eigenvalue weighted by molar-refractivity contribution is -0.144. The molecule has 118 valence electrons. The molecule has 1 rings (SSSR count). The highest BCUT2D eigenvalue weighted by atomic mass is 16.6. The van der Waals surface area contributed by atoms with Crippen LogP contribution in [0.3, 0.4) is 0 Å². The fraction of sp³-hybridized carbons (Fsp3) is 0.941. The molecule has 2 atom stereocenters. The van der Waals surface area contributed by atoms with Crippen molar-refractivity contribution in [2.75, 3.05) is 6.61 Å². The molecule has 1 fully saturated rings. The average molecular weight is 284 g/mol. The molecule has 1 aliphatic heterocycles. The number of carbonyl (C=O) groups excluding carboxylic acids is 1. The first kappa shape index (κ1) is 17.5. The van der Waals surface area contributed by atoms with Crippen molar-refractivity contribution in [1.29, 1.82) is 0 Å².